The van der Waals surface area contributed by atoms with Crippen LogP contribution in [-0.2, 0) is 4.57 Å². The van der Waals surface area contributed by atoms with Crippen LogP contribution < -0.4 is 15.9 Å². The van der Waals surface area contributed by atoms with Crippen molar-refractivity contribution in [1.82, 2.24) is 9.97 Å². The Bertz CT molecular complexity index is 2670. The number of para-hydroxylation sites is 1. The lowest BCUT2D eigenvalue weighted by Crippen LogP contribution is -2.24. The summed E-state index contributed by atoms with van der Waals surface area (Å²) < 4.78 is 14.9. The standard InChI is InChI=1S/C46H31N2OP/c49-50(37-17-6-2-7-18-37,38-19-8-3-9-20-38)39-27-23-32(24-28-39)35-15-12-16-36(31-35)42-30-26-34-25-29-41-44(33-13-4-1-5-14-33)40-21-10-11-22-43(40)48-46(41)45(34)47-42/h1-31H. The third-order valence-corrected chi connectivity index (χ3v) is 12.6. The fourth-order valence-corrected chi connectivity index (χ4v) is 9.71. The van der Waals surface area contributed by atoms with Gasteiger partial charge in [-0.15, -0.1) is 0 Å². The normalized spacial score (nSPS) is 11.7. The van der Waals surface area contributed by atoms with Crippen LogP contribution in [-0.4, -0.2) is 9.97 Å². The van der Waals surface area contributed by atoms with Crippen LogP contribution in [0.5, 0.6) is 0 Å². The summed E-state index contributed by atoms with van der Waals surface area (Å²) in [6.45, 7) is 0. The quantitative estimate of drug-likeness (QED) is 0.101. The minimum Gasteiger partial charge on any atom is -0.309 e. The molecular formula is C46H31N2OP. The topological polar surface area (TPSA) is 42.9 Å². The van der Waals surface area contributed by atoms with Gasteiger partial charge in [-0.05, 0) is 34.9 Å². The Morgan fingerprint density at radius 1 is 0.380 bits per heavy atom. The highest BCUT2D eigenvalue weighted by Gasteiger charge is 2.29. The molecule has 2 aromatic heterocycles. The lowest BCUT2D eigenvalue weighted by atomic mass is 9.95. The predicted octanol–water partition coefficient (Wildman–Crippen LogP) is 10.6. The van der Waals surface area contributed by atoms with Gasteiger partial charge in [-0.3, -0.25) is 0 Å². The minimum absolute atomic E-state index is 0.813. The largest absolute Gasteiger partial charge is 0.309 e. The Morgan fingerprint density at radius 2 is 0.960 bits per heavy atom. The first-order chi connectivity index (χ1) is 24.7. The second kappa shape index (κ2) is 12.4. The molecule has 0 bridgehead atoms. The Labute approximate surface area is 290 Å². The molecule has 0 unspecified atom stereocenters. The number of nitrogens with zero attached hydrogens (tertiary/aromatic N) is 2. The molecular weight excluding hydrogens is 627 g/mol. The molecule has 3 nitrogen and oxygen atoms in total. The van der Waals surface area contributed by atoms with Gasteiger partial charge >= 0.3 is 0 Å². The first-order valence-electron chi connectivity index (χ1n) is 16.8. The van der Waals surface area contributed by atoms with Crippen LogP contribution in [0.4, 0.5) is 0 Å². The van der Waals surface area contributed by atoms with Crippen LogP contribution in [0.2, 0.25) is 0 Å². The number of hydrogen-bond acceptors (Lipinski definition) is 3. The van der Waals surface area contributed by atoms with E-state index in [0.717, 1.165) is 76.6 Å². The van der Waals surface area contributed by atoms with E-state index in [1.54, 1.807) is 0 Å². The number of hydrogen-bond donors (Lipinski definition) is 0. The molecule has 0 fully saturated rings. The number of benzene rings is 7. The maximum atomic E-state index is 14.9. The van der Waals surface area contributed by atoms with Crippen LogP contribution in [0.3, 0.4) is 0 Å². The average molecular weight is 659 g/mol. The zero-order valence-electron chi connectivity index (χ0n) is 27.1. The predicted molar refractivity (Wildman–Crippen MR) is 210 cm³/mol. The number of rotatable bonds is 6. The molecule has 7 aromatic carbocycles. The van der Waals surface area contributed by atoms with E-state index >= 15 is 0 Å². The molecule has 2 heterocycles. The maximum absolute atomic E-state index is 14.9. The summed E-state index contributed by atoms with van der Waals surface area (Å²) in [5.74, 6) is 0. The van der Waals surface area contributed by atoms with Crippen LogP contribution in [0, 0.1) is 0 Å². The van der Waals surface area contributed by atoms with E-state index in [-0.39, 0.29) is 0 Å². The molecule has 0 aliphatic carbocycles. The van der Waals surface area contributed by atoms with Crippen molar-refractivity contribution in [2.45, 2.75) is 0 Å². The van der Waals surface area contributed by atoms with Crippen molar-refractivity contribution in [2.24, 2.45) is 0 Å². The van der Waals surface area contributed by atoms with E-state index < -0.39 is 7.14 Å². The van der Waals surface area contributed by atoms with Gasteiger partial charge in [-0.1, -0.05) is 170 Å². The molecule has 0 spiro atoms. The molecule has 0 saturated heterocycles. The van der Waals surface area contributed by atoms with E-state index in [0.29, 0.717) is 0 Å². The molecule has 0 amide bonds. The van der Waals surface area contributed by atoms with Crippen molar-refractivity contribution in [3.63, 3.8) is 0 Å². The maximum Gasteiger partial charge on any atom is 0.171 e. The third kappa shape index (κ3) is 5.11. The Balaban J connectivity index is 1.13. The van der Waals surface area contributed by atoms with Gasteiger partial charge in [0.05, 0.1) is 22.2 Å². The van der Waals surface area contributed by atoms with E-state index in [1.165, 1.54) is 5.56 Å². The van der Waals surface area contributed by atoms with Crippen molar-refractivity contribution in [3.8, 4) is 33.5 Å². The van der Waals surface area contributed by atoms with Crippen molar-refractivity contribution >= 4 is 55.8 Å². The first kappa shape index (κ1) is 29.9. The van der Waals surface area contributed by atoms with E-state index in [1.807, 2.05) is 78.9 Å². The summed E-state index contributed by atoms with van der Waals surface area (Å²) in [5, 5.41) is 5.74. The fraction of sp³-hybridized carbons (Fsp3) is 0. The van der Waals surface area contributed by atoms with Crippen molar-refractivity contribution in [1.29, 1.82) is 0 Å². The molecule has 0 aliphatic rings. The zero-order chi connectivity index (χ0) is 33.5. The van der Waals surface area contributed by atoms with Gasteiger partial charge in [-0.2, -0.15) is 0 Å². The van der Waals surface area contributed by atoms with Gasteiger partial charge in [-0.25, -0.2) is 9.97 Å². The molecule has 4 heteroatoms. The van der Waals surface area contributed by atoms with Crippen LogP contribution in [0.25, 0.3) is 66.2 Å². The van der Waals surface area contributed by atoms with E-state index in [9.17, 15) is 4.57 Å². The summed E-state index contributed by atoms with van der Waals surface area (Å²) in [6, 6.07) is 63.7. The van der Waals surface area contributed by atoms with E-state index in [4.69, 9.17) is 9.97 Å². The van der Waals surface area contributed by atoms with Crippen molar-refractivity contribution < 1.29 is 4.57 Å². The first-order valence-corrected chi connectivity index (χ1v) is 18.5. The summed E-state index contributed by atoms with van der Waals surface area (Å²) in [6.07, 6.45) is 0. The lowest BCUT2D eigenvalue weighted by Gasteiger charge is -2.20. The Kier molecular flexibility index (Phi) is 7.42. The van der Waals surface area contributed by atoms with Gasteiger partial charge in [0.1, 0.15) is 0 Å². The summed E-state index contributed by atoms with van der Waals surface area (Å²) >= 11 is 0. The second-order valence-corrected chi connectivity index (χ2v) is 15.3. The average Bonchev–Trinajstić information content (AvgIpc) is 3.20. The van der Waals surface area contributed by atoms with Crippen LogP contribution >= 0.6 is 7.14 Å². The molecule has 50 heavy (non-hydrogen) atoms. The summed E-state index contributed by atoms with van der Waals surface area (Å²) in [7, 11) is -3.04. The van der Waals surface area contributed by atoms with Crippen molar-refractivity contribution in [2.75, 3.05) is 0 Å². The smallest absolute Gasteiger partial charge is 0.171 e. The molecule has 0 aliphatic heterocycles. The molecule has 0 saturated carbocycles. The molecule has 236 valence electrons. The van der Waals surface area contributed by atoms with Crippen molar-refractivity contribution in [3.05, 3.63) is 188 Å². The van der Waals surface area contributed by atoms with Gasteiger partial charge in [0, 0.05) is 43.2 Å². The van der Waals surface area contributed by atoms with Gasteiger partial charge < -0.3 is 4.57 Å². The van der Waals surface area contributed by atoms with Gasteiger partial charge in [0.2, 0.25) is 0 Å². The Hall–Kier alpha value is -6.15. The molecule has 0 radical (unpaired) electrons. The minimum atomic E-state index is -3.04. The summed E-state index contributed by atoms with van der Waals surface area (Å²) in [4.78, 5) is 10.4. The lowest BCUT2D eigenvalue weighted by molar-refractivity contribution is 0.592. The number of fused-ring (bicyclic) bond motifs is 4. The van der Waals surface area contributed by atoms with Gasteiger partial charge in [0.25, 0.3) is 0 Å². The highest BCUT2D eigenvalue weighted by atomic mass is 31.2. The van der Waals surface area contributed by atoms with Crippen LogP contribution in [0.1, 0.15) is 0 Å². The second-order valence-electron chi connectivity index (χ2n) is 12.5. The molecule has 0 N–H and O–H groups in total. The molecule has 0 atom stereocenters. The Morgan fingerprint density at radius 3 is 1.68 bits per heavy atom. The SMILES string of the molecule is O=P(c1ccccc1)(c1ccccc1)c1ccc(-c2cccc(-c3ccc4ccc5c(-c6ccccc6)c6ccccc6nc5c4n3)c2)cc1. The fourth-order valence-electron chi connectivity index (χ4n) is 7.06. The summed E-state index contributed by atoms with van der Waals surface area (Å²) in [5.41, 5.74) is 9.10. The highest BCUT2D eigenvalue weighted by Crippen LogP contribution is 2.43. The van der Waals surface area contributed by atoms with Gasteiger partial charge in [0.15, 0.2) is 7.14 Å². The number of pyridine rings is 2. The highest BCUT2D eigenvalue weighted by molar-refractivity contribution is 7.85. The third-order valence-electron chi connectivity index (χ3n) is 9.54. The zero-order valence-corrected chi connectivity index (χ0v) is 28.0. The molecule has 9 rings (SSSR count). The van der Waals surface area contributed by atoms with Crippen LogP contribution in [0.15, 0.2) is 188 Å². The molecule has 9 aromatic rings. The number of aromatic nitrogens is 2. The van der Waals surface area contributed by atoms with E-state index in [2.05, 4.69) is 109 Å². The monoisotopic (exact) mass is 658 g/mol.